The topological polar surface area (TPSA) is 15.3 Å². The molecule has 2 nitrogen and oxygen atoms in total. The van der Waals surface area contributed by atoms with Crippen LogP contribution in [0, 0.1) is 5.92 Å². The summed E-state index contributed by atoms with van der Waals surface area (Å²) in [5.74, 6) is 0.750. The predicted molar refractivity (Wildman–Crippen MR) is 69.7 cm³/mol. The van der Waals surface area contributed by atoms with Crippen molar-refractivity contribution in [3.05, 3.63) is 0 Å². The summed E-state index contributed by atoms with van der Waals surface area (Å²) < 4.78 is 0. The molecule has 1 saturated carbocycles. The molecule has 1 spiro atoms. The number of hydrogen-bond acceptors (Lipinski definition) is 2. The van der Waals surface area contributed by atoms with Crippen molar-refractivity contribution in [3.63, 3.8) is 0 Å². The van der Waals surface area contributed by atoms with Crippen LogP contribution < -0.4 is 5.32 Å². The van der Waals surface area contributed by atoms with Crippen molar-refractivity contribution in [2.45, 2.75) is 71.0 Å². The highest BCUT2D eigenvalue weighted by molar-refractivity contribution is 5.03. The fourth-order valence-electron chi connectivity index (χ4n) is 3.59. The molecule has 1 saturated heterocycles. The Labute approximate surface area is 101 Å². The number of nitrogens with one attached hydrogen (secondary N) is 1. The smallest absolute Gasteiger partial charge is 0.0337 e. The SMILES string of the molecule is CC(C)C1CN(C(C)C)C2(CCCC2)CN1. The van der Waals surface area contributed by atoms with Crippen LogP contribution in [0.2, 0.25) is 0 Å². The van der Waals surface area contributed by atoms with E-state index in [0.717, 1.165) is 5.92 Å². The van der Waals surface area contributed by atoms with E-state index in [1.165, 1.54) is 38.8 Å². The number of nitrogens with zero attached hydrogens (tertiary/aromatic N) is 1. The zero-order valence-corrected chi connectivity index (χ0v) is 11.4. The van der Waals surface area contributed by atoms with Gasteiger partial charge in [-0.25, -0.2) is 0 Å². The molecule has 1 N–H and O–H groups in total. The molecule has 2 fully saturated rings. The third kappa shape index (κ3) is 2.14. The van der Waals surface area contributed by atoms with Crippen LogP contribution >= 0.6 is 0 Å². The molecule has 0 aromatic heterocycles. The van der Waals surface area contributed by atoms with Crippen LogP contribution in [0.25, 0.3) is 0 Å². The number of rotatable bonds is 2. The molecular weight excluding hydrogens is 196 g/mol. The second-order valence-electron chi connectivity index (χ2n) is 6.41. The van der Waals surface area contributed by atoms with Crippen LogP contribution in [-0.2, 0) is 0 Å². The molecule has 0 radical (unpaired) electrons. The molecule has 94 valence electrons. The van der Waals surface area contributed by atoms with Gasteiger partial charge >= 0.3 is 0 Å². The Morgan fingerprint density at radius 2 is 1.75 bits per heavy atom. The van der Waals surface area contributed by atoms with E-state index < -0.39 is 0 Å². The van der Waals surface area contributed by atoms with Crippen LogP contribution in [0.5, 0.6) is 0 Å². The summed E-state index contributed by atoms with van der Waals surface area (Å²) in [5, 5.41) is 3.79. The first kappa shape index (κ1) is 12.4. The first-order valence-corrected chi connectivity index (χ1v) is 7.05. The highest BCUT2D eigenvalue weighted by Crippen LogP contribution is 2.38. The molecular formula is C14H28N2. The molecule has 2 heteroatoms. The third-order valence-electron chi connectivity index (χ3n) is 4.66. The summed E-state index contributed by atoms with van der Waals surface area (Å²) in [5.41, 5.74) is 0.500. The van der Waals surface area contributed by atoms with E-state index in [1.54, 1.807) is 0 Å². The molecule has 2 rings (SSSR count). The molecule has 2 aliphatic rings. The van der Waals surface area contributed by atoms with Crippen LogP contribution in [0.1, 0.15) is 53.4 Å². The quantitative estimate of drug-likeness (QED) is 0.776. The summed E-state index contributed by atoms with van der Waals surface area (Å²) in [7, 11) is 0. The minimum Gasteiger partial charge on any atom is -0.311 e. The van der Waals surface area contributed by atoms with Gasteiger partial charge in [0.25, 0.3) is 0 Å². The Kier molecular flexibility index (Phi) is 3.60. The van der Waals surface area contributed by atoms with E-state index in [-0.39, 0.29) is 0 Å². The van der Waals surface area contributed by atoms with Gasteiger partial charge in [-0.05, 0) is 32.6 Å². The van der Waals surface area contributed by atoms with E-state index in [1.807, 2.05) is 0 Å². The van der Waals surface area contributed by atoms with Gasteiger partial charge in [0, 0.05) is 30.7 Å². The summed E-state index contributed by atoms with van der Waals surface area (Å²) in [6, 6.07) is 1.38. The lowest BCUT2D eigenvalue weighted by molar-refractivity contribution is 0.00817. The number of hydrogen-bond donors (Lipinski definition) is 1. The number of piperazine rings is 1. The molecule has 1 unspecified atom stereocenters. The van der Waals surface area contributed by atoms with Crippen molar-refractivity contribution in [1.82, 2.24) is 10.2 Å². The van der Waals surface area contributed by atoms with Crippen LogP contribution in [0.4, 0.5) is 0 Å². The minimum absolute atomic E-state index is 0.500. The fourth-order valence-corrected chi connectivity index (χ4v) is 3.59. The monoisotopic (exact) mass is 224 g/mol. The Bertz CT molecular complexity index is 229. The molecule has 16 heavy (non-hydrogen) atoms. The maximum atomic E-state index is 3.79. The molecule has 0 bridgehead atoms. The molecule has 1 atom stereocenters. The van der Waals surface area contributed by atoms with Crippen molar-refractivity contribution in [1.29, 1.82) is 0 Å². The lowest BCUT2D eigenvalue weighted by atomic mass is 9.87. The normalized spacial score (nSPS) is 30.8. The minimum atomic E-state index is 0.500. The third-order valence-corrected chi connectivity index (χ3v) is 4.66. The van der Waals surface area contributed by atoms with E-state index in [0.29, 0.717) is 17.6 Å². The summed E-state index contributed by atoms with van der Waals surface area (Å²) >= 11 is 0. The van der Waals surface area contributed by atoms with Gasteiger partial charge in [-0.15, -0.1) is 0 Å². The van der Waals surface area contributed by atoms with Crippen LogP contribution in [0.3, 0.4) is 0 Å². The fraction of sp³-hybridized carbons (Fsp3) is 1.00. The Morgan fingerprint density at radius 1 is 1.12 bits per heavy atom. The van der Waals surface area contributed by atoms with Crippen molar-refractivity contribution in [2.75, 3.05) is 13.1 Å². The highest BCUT2D eigenvalue weighted by Gasteiger charge is 2.44. The van der Waals surface area contributed by atoms with E-state index in [2.05, 4.69) is 37.9 Å². The van der Waals surface area contributed by atoms with Gasteiger partial charge in [0.1, 0.15) is 0 Å². The van der Waals surface area contributed by atoms with Gasteiger partial charge in [0.05, 0.1) is 0 Å². The molecule has 1 aliphatic heterocycles. The summed E-state index contributed by atoms with van der Waals surface area (Å²) in [4.78, 5) is 2.79. The second kappa shape index (κ2) is 4.66. The molecule has 1 aliphatic carbocycles. The average molecular weight is 224 g/mol. The molecule has 0 aromatic carbocycles. The maximum Gasteiger partial charge on any atom is 0.0337 e. The van der Waals surface area contributed by atoms with E-state index in [4.69, 9.17) is 0 Å². The highest BCUT2D eigenvalue weighted by atomic mass is 15.3. The first-order valence-electron chi connectivity index (χ1n) is 7.05. The Morgan fingerprint density at radius 3 is 2.25 bits per heavy atom. The standard InChI is InChI=1S/C14H28N2/c1-11(2)13-9-16(12(3)4)14(10-15-13)7-5-6-8-14/h11-13,15H,5-10H2,1-4H3. The van der Waals surface area contributed by atoms with Crippen LogP contribution in [0.15, 0.2) is 0 Å². The van der Waals surface area contributed by atoms with Gasteiger partial charge in [0.15, 0.2) is 0 Å². The second-order valence-corrected chi connectivity index (χ2v) is 6.41. The predicted octanol–water partition coefficient (Wildman–Crippen LogP) is 2.64. The lowest BCUT2D eigenvalue weighted by Crippen LogP contribution is -2.66. The van der Waals surface area contributed by atoms with E-state index in [9.17, 15) is 0 Å². The van der Waals surface area contributed by atoms with Gasteiger partial charge in [-0.2, -0.15) is 0 Å². The van der Waals surface area contributed by atoms with Crippen LogP contribution in [-0.4, -0.2) is 35.6 Å². The molecule has 1 heterocycles. The van der Waals surface area contributed by atoms with Gasteiger partial charge in [-0.1, -0.05) is 26.7 Å². The van der Waals surface area contributed by atoms with Crippen molar-refractivity contribution in [2.24, 2.45) is 5.92 Å². The Balaban J connectivity index is 2.11. The van der Waals surface area contributed by atoms with Gasteiger partial charge in [-0.3, -0.25) is 4.90 Å². The summed E-state index contributed by atoms with van der Waals surface area (Å²) in [6.07, 6.45) is 5.67. The van der Waals surface area contributed by atoms with Crippen molar-refractivity contribution in [3.8, 4) is 0 Å². The largest absolute Gasteiger partial charge is 0.311 e. The van der Waals surface area contributed by atoms with E-state index >= 15 is 0 Å². The van der Waals surface area contributed by atoms with Gasteiger partial charge < -0.3 is 5.32 Å². The molecule has 0 amide bonds. The first-order chi connectivity index (χ1) is 7.55. The zero-order valence-electron chi connectivity index (χ0n) is 11.4. The van der Waals surface area contributed by atoms with Gasteiger partial charge in [0.2, 0.25) is 0 Å². The summed E-state index contributed by atoms with van der Waals surface area (Å²) in [6.45, 7) is 11.9. The molecule has 0 aromatic rings. The Hall–Kier alpha value is -0.0800. The van der Waals surface area contributed by atoms with Crippen molar-refractivity contribution < 1.29 is 0 Å². The lowest BCUT2D eigenvalue weighted by Gasteiger charge is -2.51. The maximum absolute atomic E-state index is 3.79. The average Bonchev–Trinajstić information content (AvgIpc) is 2.67. The van der Waals surface area contributed by atoms with Crippen molar-refractivity contribution >= 4 is 0 Å². The zero-order chi connectivity index (χ0) is 11.8.